The molecule has 0 unspecified atom stereocenters. The Morgan fingerprint density at radius 2 is 1.85 bits per heavy atom. The number of methoxy groups -OCH3 is 2. The molecular formula is C19H17FN2O4. The normalized spacial score (nSPS) is 10.6. The summed E-state index contributed by atoms with van der Waals surface area (Å²) in [6.45, 7) is 0.155. The van der Waals surface area contributed by atoms with Gasteiger partial charge in [0.25, 0.3) is 11.7 Å². The molecule has 0 bridgehead atoms. The lowest BCUT2D eigenvalue weighted by Crippen LogP contribution is -2.30. The Bertz CT molecular complexity index is 981. The quantitative estimate of drug-likeness (QED) is 0.526. The number of halogens is 1. The topological polar surface area (TPSA) is 80.4 Å². The smallest absolute Gasteiger partial charge is 0.292 e. The van der Waals surface area contributed by atoms with Crippen LogP contribution >= 0.6 is 0 Å². The van der Waals surface area contributed by atoms with Crippen LogP contribution in [0.5, 0.6) is 11.5 Å². The summed E-state index contributed by atoms with van der Waals surface area (Å²) in [5, 5.41) is 3.08. The number of carbonyl (C=O) groups excluding carboxylic acids is 2. The Morgan fingerprint density at radius 1 is 1.08 bits per heavy atom. The van der Waals surface area contributed by atoms with Gasteiger partial charge in [-0.05, 0) is 35.9 Å². The lowest BCUT2D eigenvalue weighted by atomic mass is 10.1. The summed E-state index contributed by atoms with van der Waals surface area (Å²) in [6.07, 6.45) is 1.41. The Kier molecular flexibility index (Phi) is 4.88. The summed E-state index contributed by atoms with van der Waals surface area (Å²) in [4.78, 5) is 27.4. The molecule has 6 nitrogen and oxygen atoms in total. The lowest BCUT2D eigenvalue weighted by Gasteiger charge is -2.10. The molecule has 2 aromatic carbocycles. The number of aromatic nitrogens is 1. The molecule has 0 atom stereocenters. The molecule has 0 saturated heterocycles. The lowest BCUT2D eigenvalue weighted by molar-refractivity contribution is -0.117. The van der Waals surface area contributed by atoms with Gasteiger partial charge in [-0.3, -0.25) is 9.59 Å². The monoisotopic (exact) mass is 356 g/mol. The third kappa shape index (κ3) is 3.37. The van der Waals surface area contributed by atoms with Gasteiger partial charge in [-0.2, -0.15) is 0 Å². The van der Waals surface area contributed by atoms with E-state index >= 15 is 0 Å². The van der Waals surface area contributed by atoms with Crippen molar-refractivity contribution in [1.82, 2.24) is 10.3 Å². The molecule has 1 amide bonds. The van der Waals surface area contributed by atoms with Crippen LogP contribution in [-0.2, 0) is 11.3 Å². The van der Waals surface area contributed by atoms with Gasteiger partial charge in [0.1, 0.15) is 5.82 Å². The molecule has 0 aliphatic carbocycles. The van der Waals surface area contributed by atoms with E-state index in [0.717, 1.165) is 5.56 Å². The van der Waals surface area contributed by atoms with Gasteiger partial charge in [-0.25, -0.2) is 4.39 Å². The van der Waals surface area contributed by atoms with Gasteiger partial charge in [0.2, 0.25) is 0 Å². The molecule has 0 saturated carbocycles. The maximum Gasteiger partial charge on any atom is 0.292 e. The van der Waals surface area contributed by atoms with E-state index in [2.05, 4.69) is 10.3 Å². The number of nitrogens with one attached hydrogen (secondary N) is 2. The molecule has 0 aliphatic rings. The van der Waals surface area contributed by atoms with Crippen LogP contribution < -0.4 is 14.8 Å². The number of carbonyl (C=O) groups is 2. The molecular weight excluding hydrogens is 339 g/mol. The minimum Gasteiger partial charge on any atom is -0.493 e. The summed E-state index contributed by atoms with van der Waals surface area (Å²) < 4.78 is 23.6. The van der Waals surface area contributed by atoms with Crippen molar-refractivity contribution in [3.05, 3.63) is 59.5 Å². The SMILES string of the molecule is COc1ccc(CNC(=O)C(=O)c2c[nH]c3cc(F)ccc23)cc1OC. The molecule has 3 aromatic rings. The summed E-state index contributed by atoms with van der Waals surface area (Å²) in [7, 11) is 3.05. The summed E-state index contributed by atoms with van der Waals surface area (Å²) in [5.74, 6) is -0.751. The Balaban J connectivity index is 1.72. The van der Waals surface area contributed by atoms with E-state index in [4.69, 9.17) is 9.47 Å². The van der Waals surface area contributed by atoms with E-state index < -0.39 is 17.5 Å². The number of hydrogen-bond acceptors (Lipinski definition) is 4. The number of hydrogen-bond donors (Lipinski definition) is 2. The van der Waals surface area contributed by atoms with Gasteiger partial charge in [0.15, 0.2) is 11.5 Å². The molecule has 7 heteroatoms. The van der Waals surface area contributed by atoms with Crippen LogP contribution in [0.3, 0.4) is 0 Å². The zero-order valence-corrected chi connectivity index (χ0v) is 14.3. The predicted octanol–water partition coefficient (Wildman–Crippen LogP) is 2.82. The highest BCUT2D eigenvalue weighted by atomic mass is 19.1. The molecule has 0 spiro atoms. The zero-order chi connectivity index (χ0) is 18.7. The average molecular weight is 356 g/mol. The van der Waals surface area contributed by atoms with Crippen LogP contribution in [0.4, 0.5) is 4.39 Å². The van der Waals surface area contributed by atoms with Crippen LogP contribution in [0.2, 0.25) is 0 Å². The molecule has 134 valence electrons. The van der Waals surface area contributed by atoms with E-state index in [1.165, 1.54) is 38.6 Å². The summed E-state index contributed by atoms with van der Waals surface area (Å²) in [5.41, 5.74) is 1.41. The first-order chi connectivity index (χ1) is 12.5. The van der Waals surface area contributed by atoms with Crippen molar-refractivity contribution in [3.63, 3.8) is 0 Å². The minimum absolute atomic E-state index is 0.155. The second kappa shape index (κ2) is 7.26. The Morgan fingerprint density at radius 3 is 2.58 bits per heavy atom. The van der Waals surface area contributed by atoms with Gasteiger partial charge in [-0.1, -0.05) is 6.07 Å². The van der Waals surface area contributed by atoms with Gasteiger partial charge in [0.05, 0.1) is 19.8 Å². The third-order valence-electron chi connectivity index (χ3n) is 4.00. The number of benzene rings is 2. The zero-order valence-electron chi connectivity index (χ0n) is 14.3. The fourth-order valence-electron chi connectivity index (χ4n) is 2.66. The van der Waals surface area contributed by atoms with Gasteiger partial charge in [0, 0.05) is 23.6 Å². The number of amides is 1. The Hall–Kier alpha value is -3.35. The number of Topliss-reactive ketones (excluding diaryl/α,β-unsaturated/α-hetero) is 1. The Labute approximate surface area is 148 Å². The van der Waals surface area contributed by atoms with E-state index in [0.29, 0.717) is 22.4 Å². The number of fused-ring (bicyclic) bond motifs is 1. The van der Waals surface area contributed by atoms with Crippen LogP contribution in [0, 0.1) is 5.82 Å². The molecule has 0 aliphatic heterocycles. The average Bonchev–Trinajstić information content (AvgIpc) is 3.07. The van der Waals surface area contributed by atoms with E-state index in [1.54, 1.807) is 18.2 Å². The number of H-pyrrole nitrogens is 1. The van der Waals surface area contributed by atoms with E-state index in [9.17, 15) is 14.0 Å². The van der Waals surface area contributed by atoms with Gasteiger partial charge in [-0.15, -0.1) is 0 Å². The van der Waals surface area contributed by atoms with Crippen molar-refractivity contribution in [2.75, 3.05) is 14.2 Å². The molecule has 2 N–H and O–H groups in total. The van der Waals surface area contributed by atoms with Crippen molar-refractivity contribution >= 4 is 22.6 Å². The summed E-state index contributed by atoms with van der Waals surface area (Å²) in [6, 6.07) is 9.19. The van der Waals surface area contributed by atoms with E-state index in [-0.39, 0.29) is 12.1 Å². The van der Waals surface area contributed by atoms with E-state index in [1.807, 2.05) is 0 Å². The second-order valence-electron chi connectivity index (χ2n) is 5.59. The first-order valence-corrected chi connectivity index (χ1v) is 7.83. The molecule has 3 rings (SSSR count). The second-order valence-corrected chi connectivity index (χ2v) is 5.59. The van der Waals surface area contributed by atoms with Crippen molar-refractivity contribution in [2.24, 2.45) is 0 Å². The van der Waals surface area contributed by atoms with Gasteiger partial charge < -0.3 is 19.8 Å². The van der Waals surface area contributed by atoms with Crippen molar-refractivity contribution < 1.29 is 23.5 Å². The number of rotatable bonds is 6. The highest BCUT2D eigenvalue weighted by molar-refractivity contribution is 6.44. The maximum absolute atomic E-state index is 13.2. The molecule has 1 aromatic heterocycles. The van der Waals surface area contributed by atoms with Crippen molar-refractivity contribution in [3.8, 4) is 11.5 Å². The fourth-order valence-corrected chi connectivity index (χ4v) is 2.66. The molecule has 26 heavy (non-hydrogen) atoms. The number of ether oxygens (including phenoxy) is 2. The molecule has 0 fully saturated rings. The minimum atomic E-state index is -0.745. The van der Waals surface area contributed by atoms with Gasteiger partial charge >= 0.3 is 0 Å². The third-order valence-corrected chi connectivity index (χ3v) is 4.00. The van der Waals surface area contributed by atoms with Crippen LogP contribution in [0.25, 0.3) is 10.9 Å². The number of aromatic amines is 1. The molecule has 0 radical (unpaired) electrons. The predicted molar refractivity (Wildman–Crippen MR) is 94.0 cm³/mol. The van der Waals surface area contributed by atoms with Crippen molar-refractivity contribution in [1.29, 1.82) is 0 Å². The van der Waals surface area contributed by atoms with Crippen LogP contribution in [0.15, 0.2) is 42.6 Å². The first kappa shape index (κ1) is 17.5. The first-order valence-electron chi connectivity index (χ1n) is 7.83. The highest BCUT2D eigenvalue weighted by Gasteiger charge is 2.20. The number of ketones is 1. The summed E-state index contributed by atoms with van der Waals surface area (Å²) >= 11 is 0. The fraction of sp³-hybridized carbons (Fsp3) is 0.158. The standard InChI is InChI=1S/C19H17FN2O4/c1-25-16-6-3-11(7-17(16)26-2)9-22-19(24)18(23)14-10-21-15-8-12(20)4-5-13(14)15/h3-8,10,21H,9H2,1-2H3,(H,22,24). The molecule has 1 heterocycles. The van der Waals surface area contributed by atoms with Crippen LogP contribution in [0.1, 0.15) is 15.9 Å². The van der Waals surface area contributed by atoms with Crippen LogP contribution in [-0.4, -0.2) is 30.9 Å². The van der Waals surface area contributed by atoms with Crippen molar-refractivity contribution in [2.45, 2.75) is 6.54 Å². The highest BCUT2D eigenvalue weighted by Crippen LogP contribution is 2.27. The largest absolute Gasteiger partial charge is 0.493 e. The maximum atomic E-state index is 13.2.